The molecule has 2 fully saturated rings. The summed E-state index contributed by atoms with van der Waals surface area (Å²) in [5.74, 6) is -0.240. The van der Waals surface area contributed by atoms with Gasteiger partial charge in [-0.1, -0.05) is 277 Å². The number of hydrogen-bond donors (Lipinski definition) is 9. The third kappa shape index (κ3) is 41.2. The van der Waals surface area contributed by atoms with Crippen molar-refractivity contribution >= 4 is 5.91 Å². The van der Waals surface area contributed by atoms with Gasteiger partial charge in [0.25, 0.3) is 0 Å². The summed E-state index contributed by atoms with van der Waals surface area (Å²) in [6, 6.07) is -0.857. The molecule has 0 radical (unpaired) electrons. The fourth-order valence-corrected chi connectivity index (χ4v) is 10.9. The van der Waals surface area contributed by atoms with Crippen LogP contribution >= 0.6 is 0 Å². The number of hydrogen-bond acceptors (Lipinski definition) is 13. The van der Waals surface area contributed by atoms with Gasteiger partial charge in [-0.05, 0) is 83.5 Å². The Bertz CT molecular complexity index is 1890. The highest BCUT2D eigenvalue weighted by Crippen LogP contribution is 2.30. The average molecular weight is 1240 g/mol. The van der Waals surface area contributed by atoms with Gasteiger partial charge in [0.15, 0.2) is 12.6 Å². The molecule has 12 atom stereocenters. The number of nitrogens with one attached hydrogen (secondary N) is 1. The van der Waals surface area contributed by atoms with E-state index >= 15 is 0 Å². The van der Waals surface area contributed by atoms with E-state index in [-0.39, 0.29) is 18.9 Å². The molecule has 0 bridgehead atoms. The molecule has 1 amide bonds. The lowest BCUT2D eigenvalue weighted by molar-refractivity contribution is -0.359. The summed E-state index contributed by atoms with van der Waals surface area (Å²) in [7, 11) is 0. The van der Waals surface area contributed by atoms with Crippen LogP contribution in [0, 0.1) is 0 Å². The zero-order valence-corrected chi connectivity index (χ0v) is 54.9. The summed E-state index contributed by atoms with van der Waals surface area (Å²) >= 11 is 0. The Labute approximate surface area is 534 Å². The summed E-state index contributed by atoms with van der Waals surface area (Å²) in [5.41, 5.74) is 0. The van der Waals surface area contributed by atoms with Crippen molar-refractivity contribution in [2.24, 2.45) is 0 Å². The summed E-state index contributed by atoms with van der Waals surface area (Å²) in [6.45, 7) is 2.74. The molecule has 0 aromatic carbocycles. The second-order valence-corrected chi connectivity index (χ2v) is 24.3. The molecule has 14 heteroatoms. The fourth-order valence-electron chi connectivity index (χ4n) is 10.9. The molecule has 14 nitrogen and oxygen atoms in total. The molecule has 2 heterocycles. The number of rotatable bonds is 56. The number of aliphatic hydroxyl groups excluding tert-OH is 8. The van der Waals surface area contributed by atoms with Crippen molar-refractivity contribution in [2.75, 3.05) is 19.8 Å². The summed E-state index contributed by atoms with van der Waals surface area (Å²) in [5, 5.41) is 87.6. The third-order valence-corrected chi connectivity index (χ3v) is 16.5. The molecule has 2 aliphatic rings. The van der Waals surface area contributed by atoms with Gasteiger partial charge in [0, 0.05) is 6.42 Å². The normalized spacial score (nSPS) is 23.8. The minimum Gasteiger partial charge on any atom is -0.394 e. The quantitative estimate of drug-likeness (QED) is 0.0204. The van der Waals surface area contributed by atoms with Gasteiger partial charge in [0.1, 0.15) is 48.8 Å². The van der Waals surface area contributed by atoms with E-state index in [1.54, 1.807) is 0 Å². The zero-order valence-electron chi connectivity index (χ0n) is 54.9. The van der Waals surface area contributed by atoms with E-state index < -0.39 is 86.8 Å². The first kappa shape index (κ1) is 80.7. The van der Waals surface area contributed by atoms with Crippen molar-refractivity contribution in [3.63, 3.8) is 0 Å². The van der Waals surface area contributed by atoms with Gasteiger partial charge in [0.2, 0.25) is 5.91 Å². The molecule has 9 N–H and O–H groups in total. The first-order valence-electron chi connectivity index (χ1n) is 35.1. The van der Waals surface area contributed by atoms with E-state index in [4.69, 9.17) is 18.9 Å². The lowest BCUT2D eigenvalue weighted by Gasteiger charge is -2.46. The number of carbonyl (C=O) groups excluding carboxylic acids is 1. The van der Waals surface area contributed by atoms with Crippen molar-refractivity contribution in [2.45, 2.75) is 331 Å². The maximum atomic E-state index is 13.3. The van der Waals surface area contributed by atoms with E-state index in [0.717, 1.165) is 103 Å². The Morgan fingerprint density at radius 2 is 0.784 bits per heavy atom. The Morgan fingerprint density at radius 1 is 0.420 bits per heavy atom. The highest BCUT2D eigenvalue weighted by atomic mass is 16.7. The van der Waals surface area contributed by atoms with Gasteiger partial charge in [-0.15, -0.1) is 0 Å². The minimum atomic E-state index is -1.79. The van der Waals surface area contributed by atoms with E-state index in [1.165, 1.54) is 122 Å². The zero-order chi connectivity index (χ0) is 63.8. The van der Waals surface area contributed by atoms with E-state index in [9.17, 15) is 45.6 Å². The van der Waals surface area contributed by atoms with Gasteiger partial charge in [0.05, 0.1) is 32.0 Å². The van der Waals surface area contributed by atoms with Crippen LogP contribution < -0.4 is 5.32 Å². The van der Waals surface area contributed by atoms with Gasteiger partial charge < -0.3 is 65.1 Å². The van der Waals surface area contributed by atoms with Crippen LogP contribution in [0.4, 0.5) is 0 Å². The van der Waals surface area contributed by atoms with Crippen LogP contribution in [0.15, 0.2) is 109 Å². The van der Waals surface area contributed by atoms with Crippen molar-refractivity contribution in [1.29, 1.82) is 0 Å². The molecule has 0 aromatic rings. The fraction of sp³-hybridized carbons (Fsp3) is 0.743. The van der Waals surface area contributed by atoms with Crippen LogP contribution in [0.25, 0.3) is 0 Å². The van der Waals surface area contributed by atoms with Crippen molar-refractivity contribution in [3.05, 3.63) is 109 Å². The summed E-state index contributed by atoms with van der Waals surface area (Å²) < 4.78 is 22.9. The van der Waals surface area contributed by atoms with Crippen LogP contribution in [-0.4, -0.2) is 140 Å². The largest absolute Gasteiger partial charge is 0.394 e. The molecule has 2 aliphatic heterocycles. The molecule has 12 unspecified atom stereocenters. The summed E-state index contributed by atoms with van der Waals surface area (Å²) in [4.78, 5) is 13.3. The predicted molar refractivity (Wildman–Crippen MR) is 359 cm³/mol. The predicted octanol–water partition coefficient (Wildman–Crippen LogP) is 14.3. The smallest absolute Gasteiger partial charge is 0.220 e. The molecular weight excluding hydrogens is 1110 g/mol. The maximum Gasteiger partial charge on any atom is 0.220 e. The van der Waals surface area contributed by atoms with Gasteiger partial charge in [-0.2, -0.15) is 0 Å². The van der Waals surface area contributed by atoms with Crippen molar-refractivity contribution < 1.29 is 64.6 Å². The summed E-state index contributed by atoms with van der Waals surface area (Å²) in [6.07, 6.45) is 65.2. The van der Waals surface area contributed by atoms with Crippen LogP contribution in [0.5, 0.6) is 0 Å². The van der Waals surface area contributed by atoms with Gasteiger partial charge in [-0.3, -0.25) is 4.79 Å². The van der Waals surface area contributed by atoms with Crippen molar-refractivity contribution in [3.8, 4) is 0 Å². The number of carbonyl (C=O) groups is 1. The van der Waals surface area contributed by atoms with Crippen LogP contribution in [0.3, 0.4) is 0 Å². The van der Waals surface area contributed by atoms with Gasteiger partial charge >= 0.3 is 0 Å². The van der Waals surface area contributed by atoms with E-state index in [2.05, 4.69) is 129 Å². The molecule has 0 spiro atoms. The Hall–Kier alpha value is -3.35. The number of aliphatic hydroxyl groups is 8. The maximum absolute atomic E-state index is 13.3. The van der Waals surface area contributed by atoms with Crippen LogP contribution in [0.1, 0.15) is 258 Å². The Balaban J connectivity index is 1.71. The monoisotopic (exact) mass is 1240 g/mol. The van der Waals surface area contributed by atoms with Gasteiger partial charge in [-0.25, -0.2) is 0 Å². The number of ether oxygens (including phenoxy) is 4. The molecular formula is C74H127NO13. The first-order chi connectivity index (χ1) is 43.1. The molecule has 2 saturated heterocycles. The van der Waals surface area contributed by atoms with Crippen LogP contribution in [0.2, 0.25) is 0 Å². The molecule has 0 aromatic heterocycles. The number of allylic oxidation sites excluding steroid dienone is 18. The number of amides is 1. The lowest BCUT2D eigenvalue weighted by atomic mass is 9.97. The third-order valence-electron chi connectivity index (χ3n) is 16.5. The SMILES string of the molecule is CC/C=C\C/C=C\C/C=C\C/C=C\C/C=C\C/C=C\C/C=C\C/C=C\C/C=C\CCCCCC(=O)NC(COC1OC(CO)C(OC2OC(CO)C(O)C(O)C2O)C(O)C1O)C(O)CCCCCCCCCCCCCCCCCCCCCCCCC. The second kappa shape index (κ2) is 57.5. The topological polar surface area (TPSA) is 228 Å². The highest BCUT2D eigenvalue weighted by molar-refractivity contribution is 5.76. The number of unbranched alkanes of at least 4 members (excludes halogenated alkanes) is 25. The Kier molecular flexibility index (Phi) is 52.8. The molecule has 88 heavy (non-hydrogen) atoms. The van der Waals surface area contributed by atoms with E-state index in [0.29, 0.717) is 12.8 Å². The second-order valence-electron chi connectivity index (χ2n) is 24.3. The van der Waals surface area contributed by atoms with Crippen LogP contribution in [-0.2, 0) is 23.7 Å². The minimum absolute atomic E-state index is 0.240. The Morgan fingerprint density at radius 3 is 1.19 bits per heavy atom. The highest BCUT2D eigenvalue weighted by Gasteiger charge is 2.51. The van der Waals surface area contributed by atoms with E-state index in [1.807, 2.05) is 0 Å². The first-order valence-corrected chi connectivity index (χ1v) is 35.1. The standard InChI is InChI=1S/C74H127NO13/c1-3-5-7-9-11-13-15-17-19-21-23-25-27-28-29-30-31-32-33-34-36-38-40-42-44-46-48-50-52-54-56-58-66(79)75-62(61-85-73-71(84)69(82)72(65(60-77)87-73)88-74-70(83)68(81)67(80)64(59-76)86-74)63(78)57-55-53-51-49-47-45-43-41-39-37-35-26-24-22-20-18-16-14-12-10-8-6-4-2/h5,7,11,13,17,19,23,25,28-29,31-32,34,36,40,42,46,48,62-65,67-74,76-78,80-84H,3-4,6,8-10,12,14-16,18,20-22,24,26-27,30,33,35,37-39,41,43-45,47,49-61H2,1-2H3,(H,75,79)/b7-5-,13-11-,19-17-,25-23-,29-28-,32-31-,36-34-,42-40-,48-46-. The molecule has 0 aliphatic carbocycles. The molecule has 0 saturated carbocycles. The van der Waals surface area contributed by atoms with Crippen molar-refractivity contribution in [1.82, 2.24) is 5.32 Å². The molecule has 2 rings (SSSR count). The lowest BCUT2D eigenvalue weighted by Crippen LogP contribution is -2.65. The average Bonchev–Trinajstić information content (AvgIpc) is 3.10. The molecule has 506 valence electrons.